The molecule has 0 saturated heterocycles. The molecule has 126 valence electrons. The maximum atomic E-state index is 13.6. The minimum Gasteiger partial charge on any atom is -0.340 e. The van der Waals surface area contributed by atoms with Crippen molar-refractivity contribution in [3.8, 4) is 0 Å². The van der Waals surface area contributed by atoms with E-state index in [4.69, 9.17) is 0 Å². The first-order valence-electron chi connectivity index (χ1n) is 7.88. The van der Waals surface area contributed by atoms with Gasteiger partial charge in [-0.25, -0.2) is 9.37 Å². The van der Waals surface area contributed by atoms with Crippen molar-refractivity contribution in [2.75, 3.05) is 10.6 Å². The van der Waals surface area contributed by atoms with Crippen molar-refractivity contribution in [2.24, 2.45) is 0 Å². The van der Waals surface area contributed by atoms with Gasteiger partial charge in [-0.3, -0.25) is 4.79 Å². The van der Waals surface area contributed by atoms with Crippen molar-refractivity contribution in [2.45, 2.75) is 13.8 Å². The Morgan fingerprint density at radius 1 is 0.960 bits per heavy atom. The molecule has 3 rings (SSSR count). The molecule has 0 atom stereocenters. The zero-order valence-corrected chi connectivity index (χ0v) is 14.0. The summed E-state index contributed by atoms with van der Waals surface area (Å²) in [5, 5.41) is 5.86. The fourth-order valence-corrected chi connectivity index (χ4v) is 2.58. The molecule has 0 fully saturated rings. The van der Waals surface area contributed by atoms with Gasteiger partial charge in [0, 0.05) is 5.69 Å². The average Bonchev–Trinajstić information content (AvgIpc) is 2.56. The van der Waals surface area contributed by atoms with E-state index < -0.39 is 11.7 Å². The zero-order chi connectivity index (χ0) is 17.8. The summed E-state index contributed by atoms with van der Waals surface area (Å²) in [7, 11) is 0. The summed E-state index contributed by atoms with van der Waals surface area (Å²) in [4.78, 5) is 16.4. The average molecular weight is 335 g/mol. The molecule has 3 aromatic rings. The van der Waals surface area contributed by atoms with E-state index in [1.54, 1.807) is 24.3 Å². The van der Waals surface area contributed by atoms with Crippen LogP contribution in [0.4, 0.5) is 21.6 Å². The fourth-order valence-electron chi connectivity index (χ4n) is 2.58. The molecule has 1 aromatic heterocycles. The minimum atomic E-state index is -0.555. The molecule has 0 aliphatic heterocycles. The Balaban J connectivity index is 1.70. The van der Waals surface area contributed by atoms with Gasteiger partial charge in [0.1, 0.15) is 11.6 Å². The molecule has 4 nitrogen and oxygen atoms in total. The quantitative estimate of drug-likeness (QED) is 0.718. The summed E-state index contributed by atoms with van der Waals surface area (Å²) in [5.74, 6) is -0.398. The number of nitrogens with one attached hydrogen (secondary N) is 2. The normalized spacial score (nSPS) is 10.4. The maximum Gasteiger partial charge on any atom is 0.258 e. The largest absolute Gasteiger partial charge is 0.340 e. The van der Waals surface area contributed by atoms with E-state index in [0.717, 1.165) is 16.8 Å². The third-order valence-corrected chi connectivity index (χ3v) is 3.63. The minimum absolute atomic E-state index is 0.0000579. The van der Waals surface area contributed by atoms with Crippen LogP contribution in [-0.4, -0.2) is 10.9 Å². The summed E-state index contributed by atoms with van der Waals surface area (Å²) in [5.41, 5.74) is 3.78. The Bertz CT molecular complexity index is 887. The number of carbonyl (C=O) groups excluding carboxylic acids is 1. The van der Waals surface area contributed by atoms with Crippen molar-refractivity contribution in [1.82, 2.24) is 4.98 Å². The number of hydrogen-bond donors (Lipinski definition) is 2. The molecule has 0 aliphatic rings. The first kappa shape index (κ1) is 16.6. The number of benzene rings is 2. The van der Waals surface area contributed by atoms with Gasteiger partial charge >= 0.3 is 0 Å². The number of amides is 1. The molecular weight excluding hydrogens is 317 g/mol. The van der Waals surface area contributed by atoms with Crippen molar-refractivity contribution < 1.29 is 9.18 Å². The van der Waals surface area contributed by atoms with Crippen LogP contribution in [0.2, 0.25) is 0 Å². The molecular formula is C20H18FN3O. The highest BCUT2D eigenvalue weighted by Crippen LogP contribution is 2.19. The molecule has 0 radical (unpaired) electrons. The molecule has 2 aromatic carbocycles. The molecule has 25 heavy (non-hydrogen) atoms. The first-order chi connectivity index (χ1) is 12.0. The van der Waals surface area contributed by atoms with Gasteiger partial charge in [-0.2, -0.15) is 0 Å². The van der Waals surface area contributed by atoms with E-state index >= 15 is 0 Å². The molecule has 0 saturated carbocycles. The number of carbonyl (C=O) groups is 1. The fraction of sp³-hybridized carbons (Fsp3) is 0.100. The standard InChI is InChI=1S/C20H18FN3O/c1-13-9-14(2)11-16(10-13)23-19-8-7-15(12-22-19)24-20(25)17-5-3-4-6-18(17)21/h3-12H,1-2H3,(H,22,23)(H,24,25). The number of anilines is 3. The van der Waals surface area contributed by atoms with Crippen LogP contribution in [0.25, 0.3) is 0 Å². The highest BCUT2D eigenvalue weighted by molar-refractivity contribution is 6.04. The molecule has 2 N–H and O–H groups in total. The van der Waals surface area contributed by atoms with E-state index in [-0.39, 0.29) is 5.56 Å². The number of aryl methyl sites for hydroxylation is 2. The smallest absolute Gasteiger partial charge is 0.258 e. The van der Waals surface area contributed by atoms with Gasteiger partial charge in [0.15, 0.2) is 0 Å². The number of rotatable bonds is 4. The number of pyridine rings is 1. The first-order valence-corrected chi connectivity index (χ1v) is 7.88. The van der Waals surface area contributed by atoms with Crippen LogP contribution >= 0.6 is 0 Å². The van der Waals surface area contributed by atoms with Crippen LogP contribution in [0.5, 0.6) is 0 Å². The summed E-state index contributed by atoms with van der Waals surface area (Å²) in [6.07, 6.45) is 1.53. The van der Waals surface area contributed by atoms with Crippen LogP contribution in [-0.2, 0) is 0 Å². The number of nitrogens with zero attached hydrogens (tertiary/aromatic N) is 1. The Morgan fingerprint density at radius 3 is 2.32 bits per heavy atom. The summed E-state index contributed by atoms with van der Waals surface area (Å²) < 4.78 is 13.6. The second kappa shape index (κ2) is 7.13. The van der Waals surface area contributed by atoms with Gasteiger partial charge < -0.3 is 10.6 Å². The highest BCUT2D eigenvalue weighted by Gasteiger charge is 2.11. The van der Waals surface area contributed by atoms with E-state index in [1.165, 1.54) is 18.3 Å². The molecule has 5 heteroatoms. The Morgan fingerprint density at radius 2 is 1.68 bits per heavy atom. The van der Waals surface area contributed by atoms with Crippen molar-refractivity contribution in [3.63, 3.8) is 0 Å². The SMILES string of the molecule is Cc1cc(C)cc(Nc2ccc(NC(=O)c3ccccc3F)cn2)c1. The van der Waals surface area contributed by atoms with E-state index in [1.807, 2.05) is 26.0 Å². The van der Waals surface area contributed by atoms with Crippen molar-refractivity contribution in [1.29, 1.82) is 0 Å². The molecule has 0 bridgehead atoms. The summed E-state index contributed by atoms with van der Waals surface area (Å²) in [6.45, 7) is 4.07. The van der Waals surface area contributed by atoms with Gasteiger partial charge in [-0.15, -0.1) is 0 Å². The van der Waals surface area contributed by atoms with E-state index in [9.17, 15) is 9.18 Å². The van der Waals surface area contributed by atoms with Gasteiger partial charge in [-0.05, 0) is 61.4 Å². The molecule has 0 unspecified atom stereocenters. The van der Waals surface area contributed by atoms with Crippen LogP contribution in [0.1, 0.15) is 21.5 Å². The third kappa shape index (κ3) is 4.20. The third-order valence-electron chi connectivity index (χ3n) is 3.63. The molecule has 1 amide bonds. The molecule has 1 heterocycles. The predicted molar refractivity (Wildman–Crippen MR) is 97.8 cm³/mol. The lowest BCUT2D eigenvalue weighted by molar-refractivity contribution is 0.102. The Labute approximate surface area is 145 Å². The summed E-state index contributed by atoms with van der Waals surface area (Å²) in [6, 6.07) is 15.5. The summed E-state index contributed by atoms with van der Waals surface area (Å²) >= 11 is 0. The van der Waals surface area contributed by atoms with Crippen LogP contribution in [0.3, 0.4) is 0 Å². The van der Waals surface area contributed by atoms with Crippen LogP contribution in [0, 0.1) is 19.7 Å². The molecule has 0 spiro atoms. The topological polar surface area (TPSA) is 54.0 Å². The number of hydrogen-bond acceptors (Lipinski definition) is 3. The highest BCUT2D eigenvalue weighted by atomic mass is 19.1. The second-order valence-corrected chi connectivity index (χ2v) is 5.87. The Kier molecular flexibility index (Phi) is 4.75. The lowest BCUT2D eigenvalue weighted by Gasteiger charge is -2.09. The maximum absolute atomic E-state index is 13.6. The van der Waals surface area contributed by atoms with Crippen LogP contribution in [0.15, 0.2) is 60.8 Å². The van der Waals surface area contributed by atoms with E-state index in [0.29, 0.717) is 11.5 Å². The van der Waals surface area contributed by atoms with Crippen molar-refractivity contribution in [3.05, 3.63) is 83.3 Å². The van der Waals surface area contributed by atoms with E-state index in [2.05, 4.69) is 21.7 Å². The van der Waals surface area contributed by atoms with Gasteiger partial charge in [0.2, 0.25) is 0 Å². The number of halogens is 1. The molecule has 0 aliphatic carbocycles. The zero-order valence-electron chi connectivity index (χ0n) is 14.0. The lowest BCUT2D eigenvalue weighted by Crippen LogP contribution is -2.13. The number of aromatic nitrogens is 1. The second-order valence-electron chi connectivity index (χ2n) is 5.87. The Hall–Kier alpha value is -3.21. The van der Waals surface area contributed by atoms with Gasteiger partial charge in [0.25, 0.3) is 5.91 Å². The van der Waals surface area contributed by atoms with Crippen LogP contribution < -0.4 is 10.6 Å². The van der Waals surface area contributed by atoms with Gasteiger partial charge in [-0.1, -0.05) is 18.2 Å². The lowest BCUT2D eigenvalue weighted by atomic mass is 10.1. The van der Waals surface area contributed by atoms with Crippen molar-refractivity contribution >= 4 is 23.1 Å². The predicted octanol–water partition coefficient (Wildman–Crippen LogP) is 4.83. The van der Waals surface area contributed by atoms with Gasteiger partial charge in [0.05, 0.1) is 17.4 Å². The monoisotopic (exact) mass is 335 g/mol.